The summed E-state index contributed by atoms with van der Waals surface area (Å²) in [6.45, 7) is 6.27. The van der Waals surface area contributed by atoms with Gasteiger partial charge in [-0.05, 0) is 19.9 Å². The van der Waals surface area contributed by atoms with E-state index in [-0.39, 0.29) is 9.34 Å². The molecule has 1 aliphatic heterocycles. The zero-order valence-electron chi connectivity index (χ0n) is 11.5. The van der Waals surface area contributed by atoms with Crippen molar-refractivity contribution in [1.82, 2.24) is 14.6 Å². The molecule has 9 heteroatoms. The highest BCUT2D eigenvalue weighted by atomic mass is 32.2. The number of aromatic nitrogens is 1. The summed E-state index contributed by atoms with van der Waals surface area (Å²) in [6, 6.07) is 0. The van der Waals surface area contributed by atoms with Gasteiger partial charge in [0.15, 0.2) is 9.34 Å². The van der Waals surface area contributed by atoms with Crippen molar-refractivity contribution in [1.29, 1.82) is 0 Å². The second kappa shape index (κ2) is 6.81. The van der Waals surface area contributed by atoms with Gasteiger partial charge in [0.05, 0.1) is 18.9 Å². The van der Waals surface area contributed by atoms with Gasteiger partial charge in [0.1, 0.15) is 0 Å². The molecule has 1 fully saturated rings. The molecule has 0 bridgehead atoms. The number of nitrogens with one attached hydrogen (secondary N) is 1. The molecule has 0 aliphatic carbocycles. The minimum absolute atomic E-state index is 0.210. The van der Waals surface area contributed by atoms with E-state index in [1.54, 1.807) is 6.92 Å². The van der Waals surface area contributed by atoms with Crippen molar-refractivity contribution >= 4 is 26.5 Å². The fourth-order valence-electron chi connectivity index (χ4n) is 2.05. The predicted octanol–water partition coefficient (Wildman–Crippen LogP) is 0.0343. The molecule has 114 valence electrons. The number of hydrogen-bond donors (Lipinski definition) is 2. The van der Waals surface area contributed by atoms with Crippen LogP contribution in [-0.2, 0) is 14.8 Å². The first-order valence-corrected chi connectivity index (χ1v) is 8.81. The number of nitrogens with two attached hydrogens (primary N) is 1. The fraction of sp³-hybridized carbons (Fsp3) is 0.727. The van der Waals surface area contributed by atoms with Crippen LogP contribution in [0.5, 0.6) is 0 Å². The van der Waals surface area contributed by atoms with E-state index in [9.17, 15) is 8.42 Å². The highest BCUT2D eigenvalue weighted by molar-refractivity contribution is 7.91. The maximum atomic E-state index is 12.1. The Bertz CT molecular complexity index is 538. The first-order chi connectivity index (χ1) is 9.49. The lowest BCUT2D eigenvalue weighted by Crippen LogP contribution is -2.38. The van der Waals surface area contributed by atoms with E-state index in [0.717, 1.165) is 50.6 Å². The number of nitrogen functional groups attached to an aromatic ring is 1. The van der Waals surface area contributed by atoms with Crippen LogP contribution in [-0.4, -0.2) is 57.7 Å². The average molecular weight is 320 g/mol. The molecule has 2 heterocycles. The van der Waals surface area contributed by atoms with Crippen LogP contribution in [0.4, 0.5) is 5.13 Å². The summed E-state index contributed by atoms with van der Waals surface area (Å²) in [4.78, 5) is 6.21. The summed E-state index contributed by atoms with van der Waals surface area (Å²) in [6.07, 6.45) is 0.770. The zero-order chi connectivity index (χ0) is 14.6. The SMILES string of the molecule is Cc1nc(N)sc1S(=O)(=O)NCCCN1CCOCC1. The number of thiazole rings is 1. The number of hydrogen-bond acceptors (Lipinski definition) is 7. The summed E-state index contributed by atoms with van der Waals surface area (Å²) < 4.78 is 32.2. The van der Waals surface area contributed by atoms with Crippen LogP contribution >= 0.6 is 11.3 Å². The molecule has 0 radical (unpaired) electrons. The van der Waals surface area contributed by atoms with Crippen molar-refractivity contribution in [3.05, 3.63) is 5.69 Å². The summed E-state index contributed by atoms with van der Waals surface area (Å²) in [7, 11) is -3.49. The number of aryl methyl sites for hydroxylation is 1. The molecule has 20 heavy (non-hydrogen) atoms. The molecule has 0 aromatic carbocycles. The predicted molar refractivity (Wildman–Crippen MR) is 78.3 cm³/mol. The second-order valence-corrected chi connectivity index (χ2v) is 7.62. The Hall–Kier alpha value is -0.740. The van der Waals surface area contributed by atoms with Crippen LogP contribution in [0, 0.1) is 6.92 Å². The minimum Gasteiger partial charge on any atom is -0.379 e. The highest BCUT2D eigenvalue weighted by Gasteiger charge is 2.20. The van der Waals surface area contributed by atoms with Crippen LogP contribution in [0.15, 0.2) is 4.21 Å². The van der Waals surface area contributed by atoms with Crippen molar-refractivity contribution in [2.45, 2.75) is 17.6 Å². The van der Waals surface area contributed by atoms with Crippen LogP contribution < -0.4 is 10.5 Å². The van der Waals surface area contributed by atoms with Gasteiger partial charge in [-0.2, -0.15) is 0 Å². The Morgan fingerprint density at radius 3 is 2.75 bits per heavy atom. The molecular weight excluding hydrogens is 300 g/mol. The zero-order valence-corrected chi connectivity index (χ0v) is 13.1. The first kappa shape index (κ1) is 15.6. The Balaban J connectivity index is 1.79. The number of rotatable bonds is 6. The lowest BCUT2D eigenvalue weighted by atomic mass is 10.3. The Labute approximate surface area is 123 Å². The highest BCUT2D eigenvalue weighted by Crippen LogP contribution is 2.24. The number of sulfonamides is 1. The molecule has 0 spiro atoms. The molecule has 0 atom stereocenters. The second-order valence-electron chi connectivity index (χ2n) is 4.63. The molecule has 1 aromatic rings. The smallest absolute Gasteiger partial charge is 0.252 e. The van der Waals surface area contributed by atoms with Crippen molar-refractivity contribution in [3.8, 4) is 0 Å². The van der Waals surface area contributed by atoms with Gasteiger partial charge < -0.3 is 10.5 Å². The number of ether oxygens (including phenoxy) is 1. The van der Waals surface area contributed by atoms with Gasteiger partial charge in [-0.3, -0.25) is 4.90 Å². The number of nitrogens with zero attached hydrogens (tertiary/aromatic N) is 2. The van der Waals surface area contributed by atoms with E-state index >= 15 is 0 Å². The van der Waals surface area contributed by atoms with E-state index in [2.05, 4.69) is 14.6 Å². The van der Waals surface area contributed by atoms with E-state index in [4.69, 9.17) is 10.5 Å². The molecule has 2 rings (SSSR count). The van der Waals surface area contributed by atoms with Crippen LogP contribution in [0.3, 0.4) is 0 Å². The van der Waals surface area contributed by atoms with Crippen LogP contribution in [0.1, 0.15) is 12.1 Å². The Kier molecular flexibility index (Phi) is 5.33. The van der Waals surface area contributed by atoms with Gasteiger partial charge >= 0.3 is 0 Å². The molecule has 1 aliphatic rings. The maximum Gasteiger partial charge on any atom is 0.252 e. The van der Waals surface area contributed by atoms with Crippen LogP contribution in [0.25, 0.3) is 0 Å². The molecule has 3 N–H and O–H groups in total. The molecular formula is C11H20N4O3S2. The monoisotopic (exact) mass is 320 g/mol. The summed E-state index contributed by atoms with van der Waals surface area (Å²) in [5, 5.41) is 0.274. The Morgan fingerprint density at radius 2 is 2.15 bits per heavy atom. The van der Waals surface area contributed by atoms with E-state index in [1.165, 1.54) is 0 Å². The quantitative estimate of drug-likeness (QED) is 0.718. The van der Waals surface area contributed by atoms with E-state index in [1.807, 2.05) is 0 Å². The summed E-state index contributed by atoms with van der Waals surface area (Å²) in [5.74, 6) is 0. The largest absolute Gasteiger partial charge is 0.379 e. The van der Waals surface area contributed by atoms with Crippen molar-refractivity contribution in [3.63, 3.8) is 0 Å². The minimum atomic E-state index is -3.49. The van der Waals surface area contributed by atoms with E-state index < -0.39 is 10.0 Å². The average Bonchev–Trinajstić information content (AvgIpc) is 2.76. The molecule has 7 nitrogen and oxygen atoms in total. The third-order valence-corrected chi connectivity index (χ3v) is 6.12. The normalized spacial score (nSPS) is 17.4. The number of anilines is 1. The summed E-state index contributed by atoms with van der Waals surface area (Å²) >= 11 is 0.997. The van der Waals surface area contributed by atoms with Crippen molar-refractivity contribution < 1.29 is 13.2 Å². The standard InChI is InChI=1S/C11H20N4O3S2/c1-9-10(19-11(12)14-9)20(16,17)13-3-2-4-15-5-7-18-8-6-15/h13H,2-8H2,1H3,(H2,12,14). The van der Waals surface area contributed by atoms with Gasteiger partial charge in [-0.1, -0.05) is 11.3 Å². The van der Waals surface area contributed by atoms with Crippen molar-refractivity contribution in [2.24, 2.45) is 0 Å². The molecule has 1 aromatic heterocycles. The van der Waals surface area contributed by atoms with Gasteiger partial charge in [0.2, 0.25) is 0 Å². The fourth-order valence-corrected chi connectivity index (χ4v) is 4.47. The molecule has 0 unspecified atom stereocenters. The topological polar surface area (TPSA) is 97.5 Å². The van der Waals surface area contributed by atoms with Gasteiger partial charge in [0, 0.05) is 19.6 Å². The van der Waals surface area contributed by atoms with Gasteiger partial charge in [-0.15, -0.1) is 0 Å². The first-order valence-electron chi connectivity index (χ1n) is 6.52. The lowest BCUT2D eigenvalue weighted by Gasteiger charge is -2.26. The van der Waals surface area contributed by atoms with Crippen LogP contribution in [0.2, 0.25) is 0 Å². The molecule has 1 saturated heterocycles. The Morgan fingerprint density at radius 1 is 1.45 bits per heavy atom. The third-order valence-electron chi connectivity index (χ3n) is 3.06. The lowest BCUT2D eigenvalue weighted by molar-refractivity contribution is 0.0376. The van der Waals surface area contributed by atoms with E-state index in [0.29, 0.717) is 12.2 Å². The van der Waals surface area contributed by atoms with Crippen molar-refractivity contribution in [2.75, 3.05) is 45.1 Å². The maximum absolute atomic E-state index is 12.1. The molecule has 0 amide bonds. The third kappa shape index (κ3) is 4.13. The number of morpholine rings is 1. The van der Waals surface area contributed by atoms with Gasteiger partial charge in [0.25, 0.3) is 10.0 Å². The summed E-state index contributed by atoms with van der Waals surface area (Å²) in [5.41, 5.74) is 5.98. The molecule has 0 saturated carbocycles. The van der Waals surface area contributed by atoms with Gasteiger partial charge in [-0.25, -0.2) is 18.1 Å².